The van der Waals surface area contributed by atoms with Crippen molar-refractivity contribution in [2.75, 3.05) is 47.0 Å². The van der Waals surface area contributed by atoms with Crippen LogP contribution in [0.1, 0.15) is 11.1 Å². The standard InChI is InChI=1S/C17H26N4O3.HI/c1-18-17(21-12-16(22)19-8-10-23-2)20-7-5-13-3-4-15-14(11-13)6-9-24-15;/h3-4,11H,5-10,12H2,1-2H3,(H,19,22)(H2,18,20,21);1H. The lowest BCUT2D eigenvalue weighted by atomic mass is 10.1. The van der Waals surface area contributed by atoms with Gasteiger partial charge >= 0.3 is 0 Å². The van der Waals surface area contributed by atoms with Crippen LogP contribution in [0, 0.1) is 0 Å². The Labute approximate surface area is 166 Å². The molecule has 8 heteroatoms. The monoisotopic (exact) mass is 462 g/mol. The average molecular weight is 462 g/mol. The molecular formula is C17H27IN4O3. The van der Waals surface area contributed by atoms with E-state index < -0.39 is 0 Å². The number of nitrogens with one attached hydrogen (secondary N) is 3. The second-order valence-electron chi connectivity index (χ2n) is 5.49. The molecule has 1 aromatic carbocycles. The Morgan fingerprint density at radius 3 is 2.88 bits per heavy atom. The third kappa shape index (κ3) is 7.47. The number of carbonyl (C=O) groups excluding carboxylic acids is 1. The molecule has 3 N–H and O–H groups in total. The Kier molecular flexibility index (Phi) is 10.2. The number of fused-ring (bicyclic) bond motifs is 1. The third-order valence-corrected chi connectivity index (χ3v) is 3.73. The summed E-state index contributed by atoms with van der Waals surface area (Å²) in [7, 11) is 3.29. The summed E-state index contributed by atoms with van der Waals surface area (Å²) >= 11 is 0. The number of carbonyl (C=O) groups is 1. The van der Waals surface area contributed by atoms with E-state index in [1.165, 1.54) is 11.1 Å². The molecule has 0 aromatic heterocycles. The van der Waals surface area contributed by atoms with Crippen molar-refractivity contribution in [3.63, 3.8) is 0 Å². The van der Waals surface area contributed by atoms with E-state index in [2.05, 4.69) is 33.1 Å². The highest BCUT2D eigenvalue weighted by Crippen LogP contribution is 2.25. The van der Waals surface area contributed by atoms with Gasteiger partial charge in [-0.2, -0.15) is 0 Å². The maximum absolute atomic E-state index is 11.6. The molecule has 0 saturated carbocycles. The molecule has 0 bridgehead atoms. The summed E-state index contributed by atoms with van der Waals surface area (Å²) in [6.07, 6.45) is 1.87. The van der Waals surface area contributed by atoms with Crippen LogP contribution < -0.4 is 20.7 Å². The summed E-state index contributed by atoms with van der Waals surface area (Å²) in [5.41, 5.74) is 2.54. The lowest BCUT2D eigenvalue weighted by Crippen LogP contribution is -2.44. The van der Waals surface area contributed by atoms with Crippen LogP contribution >= 0.6 is 24.0 Å². The Bertz CT molecular complexity index is 581. The van der Waals surface area contributed by atoms with Gasteiger partial charge in [0.15, 0.2) is 5.96 Å². The number of guanidine groups is 1. The molecule has 1 aliphatic rings. The van der Waals surface area contributed by atoms with Crippen molar-refractivity contribution in [2.45, 2.75) is 12.8 Å². The Balaban J connectivity index is 0.00000312. The van der Waals surface area contributed by atoms with Crippen molar-refractivity contribution >= 4 is 35.8 Å². The van der Waals surface area contributed by atoms with Crippen molar-refractivity contribution < 1.29 is 14.3 Å². The summed E-state index contributed by atoms with van der Waals surface area (Å²) < 4.78 is 10.4. The molecule has 1 heterocycles. The van der Waals surface area contributed by atoms with Gasteiger partial charge in [-0.1, -0.05) is 12.1 Å². The number of hydrogen-bond acceptors (Lipinski definition) is 4. The summed E-state index contributed by atoms with van der Waals surface area (Å²) in [4.78, 5) is 15.7. The molecule has 0 saturated heterocycles. The molecule has 0 unspecified atom stereocenters. The van der Waals surface area contributed by atoms with Crippen LogP contribution in [0.4, 0.5) is 0 Å². The number of nitrogens with zero attached hydrogens (tertiary/aromatic N) is 1. The van der Waals surface area contributed by atoms with Gasteiger partial charge in [-0.3, -0.25) is 9.79 Å². The summed E-state index contributed by atoms with van der Waals surface area (Å²) in [5.74, 6) is 1.53. The van der Waals surface area contributed by atoms with E-state index in [1.807, 2.05) is 6.07 Å². The van der Waals surface area contributed by atoms with E-state index >= 15 is 0 Å². The van der Waals surface area contributed by atoms with Crippen molar-refractivity contribution in [3.05, 3.63) is 29.3 Å². The molecule has 1 amide bonds. The van der Waals surface area contributed by atoms with Crippen LogP contribution in [0.5, 0.6) is 5.75 Å². The molecule has 0 radical (unpaired) electrons. The van der Waals surface area contributed by atoms with Gasteiger partial charge in [0.25, 0.3) is 0 Å². The first-order chi connectivity index (χ1) is 11.7. The summed E-state index contributed by atoms with van der Waals surface area (Å²) in [5, 5.41) is 8.95. The van der Waals surface area contributed by atoms with Crippen LogP contribution in [0.25, 0.3) is 0 Å². The first-order valence-corrected chi connectivity index (χ1v) is 8.17. The fraction of sp³-hybridized carbons (Fsp3) is 0.529. The molecule has 1 aromatic rings. The molecule has 140 valence electrons. The number of hydrogen-bond donors (Lipinski definition) is 3. The third-order valence-electron chi connectivity index (χ3n) is 3.73. The second-order valence-corrected chi connectivity index (χ2v) is 5.49. The number of methoxy groups -OCH3 is 1. The highest BCUT2D eigenvalue weighted by molar-refractivity contribution is 14.0. The molecular weight excluding hydrogens is 435 g/mol. The van der Waals surface area contributed by atoms with E-state index in [1.54, 1.807) is 14.2 Å². The minimum absolute atomic E-state index is 0. The molecule has 7 nitrogen and oxygen atoms in total. The second kappa shape index (κ2) is 11.9. The highest BCUT2D eigenvalue weighted by atomic mass is 127. The number of halogens is 1. The van der Waals surface area contributed by atoms with E-state index in [0.717, 1.165) is 31.7 Å². The molecule has 0 atom stereocenters. The topological polar surface area (TPSA) is 84.0 Å². The van der Waals surface area contributed by atoms with Gasteiger partial charge in [-0.25, -0.2) is 0 Å². The number of aliphatic imine (C=N–C) groups is 1. The summed E-state index contributed by atoms with van der Waals surface area (Å²) in [6.45, 7) is 2.71. The first-order valence-electron chi connectivity index (χ1n) is 8.17. The van der Waals surface area contributed by atoms with Crippen molar-refractivity contribution in [2.24, 2.45) is 4.99 Å². The SMILES string of the molecule is CN=C(NCCc1ccc2c(c1)CCO2)NCC(=O)NCCOC.I. The van der Waals surface area contributed by atoms with Gasteiger partial charge in [0.05, 0.1) is 19.8 Å². The average Bonchev–Trinajstić information content (AvgIpc) is 3.06. The Hall–Kier alpha value is -1.55. The van der Waals surface area contributed by atoms with Crippen LogP contribution in [0.3, 0.4) is 0 Å². The van der Waals surface area contributed by atoms with Crippen molar-refractivity contribution in [3.8, 4) is 5.75 Å². The molecule has 25 heavy (non-hydrogen) atoms. The molecule has 2 rings (SSSR count). The normalized spacial score (nSPS) is 12.6. The van der Waals surface area contributed by atoms with E-state index in [0.29, 0.717) is 19.1 Å². The van der Waals surface area contributed by atoms with Gasteiger partial charge in [-0.05, 0) is 23.6 Å². The van der Waals surface area contributed by atoms with Crippen molar-refractivity contribution in [1.82, 2.24) is 16.0 Å². The lowest BCUT2D eigenvalue weighted by molar-refractivity contribution is -0.120. The Morgan fingerprint density at radius 2 is 2.12 bits per heavy atom. The maximum atomic E-state index is 11.6. The zero-order valence-electron chi connectivity index (χ0n) is 14.8. The predicted molar refractivity (Wildman–Crippen MR) is 109 cm³/mol. The van der Waals surface area contributed by atoms with Crippen LogP contribution in [-0.4, -0.2) is 58.9 Å². The fourth-order valence-corrected chi connectivity index (χ4v) is 2.46. The molecule has 0 spiro atoms. The molecule has 0 fully saturated rings. The molecule has 1 aliphatic heterocycles. The number of benzene rings is 1. The van der Waals surface area contributed by atoms with Crippen molar-refractivity contribution in [1.29, 1.82) is 0 Å². The van der Waals surface area contributed by atoms with E-state index in [9.17, 15) is 4.79 Å². The fourth-order valence-electron chi connectivity index (χ4n) is 2.46. The van der Waals surface area contributed by atoms with Gasteiger partial charge in [0.1, 0.15) is 5.75 Å². The highest BCUT2D eigenvalue weighted by Gasteiger charge is 2.11. The lowest BCUT2D eigenvalue weighted by Gasteiger charge is -2.12. The van der Waals surface area contributed by atoms with Crippen LogP contribution in [0.15, 0.2) is 23.2 Å². The minimum atomic E-state index is -0.0892. The maximum Gasteiger partial charge on any atom is 0.239 e. The van der Waals surface area contributed by atoms with Gasteiger partial charge < -0.3 is 25.4 Å². The largest absolute Gasteiger partial charge is 0.493 e. The zero-order chi connectivity index (χ0) is 17.2. The number of ether oxygens (including phenoxy) is 2. The zero-order valence-corrected chi connectivity index (χ0v) is 17.1. The van der Waals surface area contributed by atoms with E-state index in [-0.39, 0.29) is 36.4 Å². The van der Waals surface area contributed by atoms with Gasteiger partial charge in [-0.15, -0.1) is 24.0 Å². The Morgan fingerprint density at radius 1 is 1.28 bits per heavy atom. The number of rotatable bonds is 8. The van der Waals surface area contributed by atoms with Crippen LogP contribution in [0.2, 0.25) is 0 Å². The smallest absolute Gasteiger partial charge is 0.239 e. The minimum Gasteiger partial charge on any atom is -0.493 e. The molecule has 0 aliphatic carbocycles. The van der Waals surface area contributed by atoms with E-state index in [4.69, 9.17) is 9.47 Å². The van der Waals surface area contributed by atoms with Gasteiger partial charge in [0, 0.05) is 33.7 Å². The first kappa shape index (κ1) is 21.5. The van der Waals surface area contributed by atoms with Crippen LogP contribution in [-0.2, 0) is 22.4 Å². The summed E-state index contributed by atoms with van der Waals surface area (Å²) in [6, 6.07) is 6.32. The number of amides is 1. The quantitative estimate of drug-likeness (QED) is 0.230. The predicted octanol–water partition coefficient (Wildman–Crippen LogP) is 0.710. The van der Waals surface area contributed by atoms with Gasteiger partial charge in [0.2, 0.25) is 5.91 Å².